The van der Waals surface area contributed by atoms with Crippen LogP contribution < -0.4 is 5.32 Å². The van der Waals surface area contributed by atoms with E-state index in [0.29, 0.717) is 18.1 Å². The number of hydrogen-bond acceptors (Lipinski definition) is 3. The highest BCUT2D eigenvalue weighted by atomic mass is 16.5. The second-order valence-corrected chi connectivity index (χ2v) is 5.79. The van der Waals surface area contributed by atoms with E-state index in [-0.39, 0.29) is 18.1 Å². The van der Waals surface area contributed by atoms with Crippen LogP contribution in [0.25, 0.3) is 0 Å². The van der Waals surface area contributed by atoms with Gasteiger partial charge in [0.15, 0.2) is 0 Å². The smallest absolute Gasteiger partial charge is 0.0658 e. The van der Waals surface area contributed by atoms with Crippen LogP contribution in [0.3, 0.4) is 0 Å². The van der Waals surface area contributed by atoms with Crippen LogP contribution in [0.15, 0.2) is 0 Å². The Morgan fingerprint density at radius 1 is 1.41 bits per heavy atom. The molecule has 17 heavy (non-hydrogen) atoms. The molecule has 0 aromatic rings. The van der Waals surface area contributed by atoms with Gasteiger partial charge in [-0.2, -0.15) is 0 Å². The van der Waals surface area contributed by atoms with Crippen LogP contribution in [0.5, 0.6) is 0 Å². The number of aliphatic hydroxyl groups is 1. The van der Waals surface area contributed by atoms with Gasteiger partial charge in [-0.05, 0) is 25.7 Å². The third-order valence-corrected chi connectivity index (χ3v) is 4.53. The second kappa shape index (κ2) is 6.17. The van der Waals surface area contributed by atoms with Gasteiger partial charge in [-0.25, -0.2) is 0 Å². The molecule has 1 rings (SSSR count). The molecule has 3 nitrogen and oxygen atoms in total. The molecular formula is C14H29NO2. The van der Waals surface area contributed by atoms with E-state index in [9.17, 15) is 5.11 Å². The first-order valence-corrected chi connectivity index (χ1v) is 6.98. The summed E-state index contributed by atoms with van der Waals surface area (Å²) >= 11 is 0. The third kappa shape index (κ3) is 3.01. The maximum atomic E-state index is 9.38. The maximum Gasteiger partial charge on any atom is 0.0658 e. The predicted octanol–water partition coefficient (Wildman–Crippen LogP) is 2.19. The normalized spacial score (nSPS) is 34.8. The summed E-state index contributed by atoms with van der Waals surface area (Å²) in [6, 6.07) is 0.678. The fraction of sp³-hybridized carbons (Fsp3) is 1.00. The van der Waals surface area contributed by atoms with Gasteiger partial charge in [0.05, 0.1) is 12.7 Å². The Morgan fingerprint density at radius 2 is 2.06 bits per heavy atom. The topological polar surface area (TPSA) is 41.5 Å². The largest absolute Gasteiger partial charge is 0.395 e. The molecule has 3 heteroatoms. The van der Waals surface area contributed by atoms with Crippen LogP contribution in [0.4, 0.5) is 0 Å². The molecular weight excluding hydrogens is 214 g/mol. The van der Waals surface area contributed by atoms with E-state index >= 15 is 0 Å². The number of rotatable bonds is 7. The van der Waals surface area contributed by atoms with E-state index in [2.05, 4.69) is 39.9 Å². The van der Waals surface area contributed by atoms with Gasteiger partial charge in [0.1, 0.15) is 0 Å². The summed E-state index contributed by atoms with van der Waals surface area (Å²) in [5, 5.41) is 13.0. The van der Waals surface area contributed by atoms with E-state index in [1.54, 1.807) is 0 Å². The van der Waals surface area contributed by atoms with E-state index in [1.165, 1.54) is 0 Å². The summed E-state index contributed by atoms with van der Waals surface area (Å²) in [4.78, 5) is 0. The van der Waals surface area contributed by atoms with Crippen molar-refractivity contribution in [2.24, 2.45) is 11.3 Å². The minimum Gasteiger partial charge on any atom is -0.395 e. The number of aliphatic hydroxyl groups excluding tert-OH is 1. The third-order valence-electron chi connectivity index (χ3n) is 4.53. The number of nitrogens with one attached hydrogen (secondary N) is 1. The van der Waals surface area contributed by atoms with Crippen LogP contribution in [-0.4, -0.2) is 36.5 Å². The van der Waals surface area contributed by atoms with Crippen molar-refractivity contribution in [2.45, 2.75) is 65.6 Å². The zero-order valence-corrected chi connectivity index (χ0v) is 12.0. The molecule has 3 unspecified atom stereocenters. The highest BCUT2D eigenvalue weighted by Crippen LogP contribution is 2.46. The molecule has 2 N–H and O–H groups in total. The standard InChI is InChI=1S/C14H29NO2/c1-6-14(5)12(8-13(14)17-7-2)15-11(9-16)10(3)4/h10-13,15-16H,6-9H2,1-5H3/t11-,12?,13?,14?/m1/s1. The van der Waals surface area contributed by atoms with Crippen molar-refractivity contribution in [2.75, 3.05) is 13.2 Å². The van der Waals surface area contributed by atoms with Gasteiger partial charge in [-0.1, -0.05) is 27.7 Å². The van der Waals surface area contributed by atoms with Gasteiger partial charge in [0.25, 0.3) is 0 Å². The Balaban J connectivity index is 2.56. The Morgan fingerprint density at radius 3 is 2.47 bits per heavy atom. The molecule has 0 spiro atoms. The van der Waals surface area contributed by atoms with Crippen molar-refractivity contribution in [3.05, 3.63) is 0 Å². The molecule has 0 saturated heterocycles. The fourth-order valence-electron chi connectivity index (χ4n) is 2.72. The fourth-order valence-corrected chi connectivity index (χ4v) is 2.72. The molecule has 0 radical (unpaired) electrons. The average molecular weight is 243 g/mol. The molecule has 102 valence electrons. The van der Waals surface area contributed by atoms with Gasteiger partial charge in [0, 0.05) is 24.1 Å². The van der Waals surface area contributed by atoms with Gasteiger partial charge < -0.3 is 15.2 Å². The lowest BCUT2D eigenvalue weighted by molar-refractivity contribution is -0.130. The van der Waals surface area contributed by atoms with Crippen LogP contribution in [-0.2, 0) is 4.74 Å². The minimum absolute atomic E-state index is 0.202. The Kier molecular flexibility index (Phi) is 5.42. The van der Waals surface area contributed by atoms with Gasteiger partial charge >= 0.3 is 0 Å². The van der Waals surface area contributed by atoms with E-state index in [1.807, 2.05) is 0 Å². The predicted molar refractivity (Wildman–Crippen MR) is 71.1 cm³/mol. The lowest BCUT2D eigenvalue weighted by Crippen LogP contribution is -2.64. The molecule has 1 aliphatic rings. The summed E-state index contributed by atoms with van der Waals surface area (Å²) in [5.41, 5.74) is 0.221. The molecule has 0 amide bonds. The van der Waals surface area contributed by atoms with Crippen LogP contribution >= 0.6 is 0 Å². The molecule has 0 aromatic carbocycles. The number of ether oxygens (including phenoxy) is 1. The minimum atomic E-state index is 0.202. The van der Waals surface area contributed by atoms with Crippen molar-refractivity contribution in [3.63, 3.8) is 0 Å². The van der Waals surface area contributed by atoms with Crippen molar-refractivity contribution < 1.29 is 9.84 Å². The van der Waals surface area contributed by atoms with E-state index in [0.717, 1.165) is 19.4 Å². The monoisotopic (exact) mass is 243 g/mol. The zero-order valence-electron chi connectivity index (χ0n) is 12.0. The first kappa shape index (κ1) is 14.9. The summed E-state index contributed by atoms with van der Waals surface area (Å²) in [6.07, 6.45) is 2.56. The van der Waals surface area contributed by atoms with E-state index < -0.39 is 0 Å². The van der Waals surface area contributed by atoms with Gasteiger partial charge in [-0.3, -0.25) is 0 Å². The molecule has 1 aliphatic carbocycles. The molecule has 4 atom stereocenters. The first-order valence-electron chi connectivity index (χ1n) is 6.98. The molecule has 0 bridgehead atoms. The van der Waals surface area contributed by atoms with Crippen molar-refractivity contribution >= 4 is 0 Å². The van der Waals surface area contributed by atoms with Crippen molar-refractivity contribution in [3.8, 4) is 0 Å². The van der Waals surface area contributed by atoms with Crippen LogP contribution in [0.2, 0.25) is 0 Å². The average Bonchev–Trinajstić information content (AvgIpc) is 2.31. The van der Waals surface area contributed by atoms with Gasteiger partial charge in [-0.15, -0.1) is 0 Å². The van der Waals surface area contributed by atoms with Gasteiger partial charge in [0.2, 0.25) is 0 Å². The first-order chi connectivity index (χ1) is 7.99. The van der Waals surface area contributed by atoms with Crippen LogP contribution in [0, 0.1) is 11.3 Å². The Hall–Kier alpha value is -0.120. The molecule has 1 fully saturated rings. The van der Waals surface area contributed by atoms with E-state index in [4.69, 9.17) is 4.74 Å². The summed E-state index contributed by atoms with van der Waals surface area (Å²) in [6.45, 7) is 11.9. The summed E-state index contributed by atoms with van der Waals surface area (Å²) in [5.74, 6) is 0.465. The molecule has 0 aliphatic heterocycles. The summed E-state index contributed by atoms with van der Waals surface area (Å²) in [7, 11) is 0. The lowest BCUT2D eigenvalue weighted by atomic mass is 9.61. The van der Waals surface area contributed by atoms with Crippen molar-refractivity contribution in [1.82, 2.24) is 5.32 Å². The van der Waals surface area contributed by atoms with Crippen LogP contribution in [0.1, 0.15) is 47.5 Å². The quantitative estimate of drug-likeness (QED) is 0.720. The maximum absolute atomic E-state index is 9.38. The highest BCUT2D eigenvalue weighted by Gasteiger charge is 2.51. The number of hydrogen-bond donors (Lipinski definition) is 2. The summed E-state index contributed by atoms with van der Waals surface area (Å²) < 4.78 is 5.79. The second-order valence-electron chi connectivity index (χ2n) is 5.79. The Bertz CT molecular complexity index is 232. The Labute approximate surface area is 106 Å². The zero-order chi connectivity index (χ0) is 13.1. The van der Waals surface area contributed by atoms with Crippen molar-refractivity contribution in [1.29, 1.82) is 0 Å². The highest BCUT2D eigenvalue weighted by molar-refractivity contribution is 5.05. The SMILES string of the molecule is CCOC1CC(N[C@H](CO)C(C)C)C1(C)CC. The molecule has 0 heterocycles. The molecule has 1 saturated carbocycles. The lowest BCUT2D eigenvalue weighted by Gasteiger charge is -2.55. The molecule has 0 aromatic heterocycles.